The standard InChI is InChI=1S/C22H15IN4O5/c23-16-9-13(10-19(22(16)30)27(31)32)11-24-25-20(28)12-26-17-7-3-1-5-14(17)21(29)15-6-2-4-8-18(15)26/h1-11,30H,12H2,(H,25,28)/b24-11-. The van der Waals surface area contributed by atoms with Crippen molar-refractivity contribution in [3.8, 4) is 5.75 Å². The number of hydrazone groups is 1. The molecule has 32 heavy (non-hydrogen) atoms. The summed E-state index contributed by atoms with van der Waals surface area (Å²) in [6.45, 7) is -0.0914. The van der Waals surface area contributed by atoms with Crippen molar-refractivity contribution in [2.24, 2.45) is 5.10 Å². The van der Waals surface area contributed by atoms with Gasteiger partial charge in [-0.3, -0.25) is 19.7 Å². The van der Waals surface area contributed by atoms with Crippen molar-refractivity contribution in [2.45, 2.75) is 6.54 Å². The molecule has 10 heteroatoms. The number of phenolic OH excluding ortho intramolecular Hbond substituents is 1. The third-order valence-electron chi connectivity index (χ3n) is 4.85. The number of carbonyl (C=O) groups excluding carboxylic acids is 1. The van der Waals surface area contributed by atoms with Crippen molar-refractivity contribution in [1.82, 2.24) is 9.99 Å². The molecule has 0 fully saturated rings. The molecule has 9 nitrogen and oxygen atoms in total. The van der Waals surface area contributed by atoms with Gasteiger partial charge in [-0.05, 0) is 52.9 Å². The maximum Gasteiger partial charge on any atom is 0.312 e. The fourth-order valence-corrected chi connectivity index (χ4v) is 4.06. The number of nitrogens with one attached hydrogen (secondary N) is 1. The number of hydrogen-bond acceptors (Lipinski definition) is 6. The molecule has 0 atom stereocenters. The molecular weight excluding hydrogens is 527 g/mol. The third-order valence-corrected chi connectivity index (χ3v) is 5.67. The molecule has 0 aliphatic rings. The lowest BCUT2D eigenvalue weighted by molar-refractivity contribution is -0.386. The van der Waals surface area contributed by atoms with Crippen molar-refractivity contribution < 1.29 is 14.8 Å². The number of halogens is 1. The maximum atomic E-state index is 12.8. The molecule has 0 spiro atoms. The number of amides is 1. The number of carbonyl (C=O) groups is 1. The Morgan fingerprint density at radius 2 is 1.72 bits per heavy atom. The van der Waals surface area contributed by atoms with Gasteiger partial charge in [-0.15, -0.1) is 0 Å². The first kappa shape index (κ1) is 21.4. The van der Waals surface area contributed by atoms with Crippen LogP contribution in [0, 0.1) is 13.7 Å². The number of nitro benzene ring substituents is 1. The lowest BCUT2D eigenvalue weighted by Gasteiger charge is -2.14. The predicted molar refractivity (Wildman–Crippen MR) is 129 cm³/mol. The van der Waals surface area contributed by atoms with E-state index in [0.29, 0.717) is 27.4 Å². The Morgan fingerprint density at radius 1 is 1.12 bits per heavy atom. The molecule has 1 aromatic heterocycles. The Morgan fingerprint density at radius 3 is 2.31 bits per heavy atom. The average Bonchev–Trinajstić information content (AvgIpc) is 2.78. The smallest absolute Gasteiger partial charge is 0.312 e. The summed E-state index contributed by atoms with van der Waals surface area (Å²) in [4.78, 5) is 35.7. The van der Waals surface area contributed by atoms with Crippen LogP contribution in [0.3, 0.4) is 0 Å². The summed E-state index contributed by atoms with van der Waals surface area (Å²) in [7, 11) is 0. The molecule has 4 rings (SSSR count). The average molecular weight is 542 g/mol. The maximum absolute atomic E-state index is 12.8. The van der Waals surface area contributed by atoms with Crippen LogP contribution in [-0.2, 0) is 11.3 Å². The summed E-state index contributed by atoms with van der Waals surface area (Å²) in [5.41, 5.74) is 3.45. The molecule has 0 radical (unpaired) electrons. The minimum atomic E-state index is -0.694. The van der Waals surface area contributed by atoms with E-state index in [2.05, 4.69) is 10.5 Å². The third kappa shape index (κ3) is 4.04. The number of fused-ring (bicyclic) bond motifs is 2. The van der Waals surface area contributed by atoms with Crippen molar-refractivity contribution in [3.63, 3.8) is 0 Å². The highest BCUT2D eigenvalue weighted by molar-refractivity contribution is 14.1. The molecule has 0 saturated carbocycles. The number of phenols is 1. The second-order valence-corrected chi connectivity index (χ2v) is 8.03. The second kappa shape index (κ2) is 8.75. The molecule has 160 valence electrons. The number of hydrogen-bond donors (Lipinski definition) is 2. The van der Waals surface area contributed by atoms with Gasteiger partial charge in [0, 0.05) is 22.4 Å². The molecular formula is C22H15IN4O5. The summed E-state index contributed by atoms with van der Waals surface area (Å²) in [5, 5.41) is 25.7. The van der Waals surface area contributed by atoms with Gasteiger partial charge in [-0.2, -0.15) is 5.10 Å². The van der Waals surface area contributed by atoms with Gasteiger partial charge >= 0.3 is 5.69 Å². The number of pyridine rings is 1. The SMILES string of the molecule is O=C(Cn1c2ccccc2c(=O)c2ccccc21)N/N=C\c1cc(I)c(O)c([N+](=O)[O-])c1. The van der Waals surface area contributed by atoms with Gasteiger partial charge in [-0.25, -0.2) is 5.43 Å². The Labute approximate surface area is 194 Å². The fourth-order valence-electron chi connectivity index (χ4n) is 3.42. The highest BCUT2D eigenvalue weighted by atomic mass is 127. The van der Waals surface area contributed by atoms with E-state index in [1.807, 2.05) is 0 Å². The molecule has 0 saturated heterocycles. The number of nitrogens with zero attached hydrogens (tertiary/aromatic N) is 3. The van der Waals surface area contributed by atoms with Gasteiger partial charge < -0.3 is 9.67 Å². The number of rotatable bonds is 5. The molecule has 1 heterocycles. The summed E-state index contributed by atoms with van der Waals surface area (Å²) < 4.78 is 2.03. The Hall–Kier alpha value is -3.80. The molecule has 0 bridgehead atoms. The van der Waals surface area contributed by atoms with Crippen LogP contribution in [0.4, 0.5) is 5.69 Å². The van der Waals surface area contributed by atoms with Crippen LogP contribution >= 0.6 is 22.6 Å². The number of benzene rings is 3. The number of aromatic hydroxyl groups is 1. The van der Waals surface area contributed by atoms with Crippen LogP contribution in [0.2, 0.25) is 0 Å². The molecule has 4 aromatic rings. The van der Waals surface area contributed by atoms with Gasteiger partial charge in [-0.1, -0.05) is 24.3 Å². The Kier molecular flexibility index (Phi) is 5.86. The van der Waals surface area contributed by atoms with Crippen LogP contribution in [0.25, 0.3) is 21.8 Å². The van der Waals surface area contributed by atoms with Gasteiger partial charge in [0.25, 0.3) is 5.91 Å². The van der Waals surface area contributed by atoms with Crippen molar-refractivity contribution in [1.29, 1.82) is 0 Å². The highest BCUT2D eigenvalue weighted by Gasteiger charge is 2.17. The minimum Gasteiger partial charge on any atom is -0.501 e. The van der Waals surface area contributed by atoms with Gasteiger partial charge in [0.15, 0.2) is 5.43 Å². The molecule has 0 aliphatic heterocycles. The normalized spacial score (nSPS) is 11.3. The molecule has 3 aromatic carbocycles. The summed E-state index contributed by atoms with van der Waals surface area (Å²) in [6, 6.07) is 16.8. The topological polar surface area (TPSA) is 127 Å². The molecule has 0 unspecified atom stereocenters. The largest absolute Gasteiger partial charge is 0.501 e. The van der Waals surface area contributed by atoms with Crippen molar-refractivity contribution in [3.05, 3.63) is 90.1 Å². The second-order valence-electron chi connectivity index (χ2n) is 6.87. The van der Waals surface area contributed by atoms with E-state index in [1.54, 1.807) is 75.7 Å². The van der Waals surface area contributed by atoms with Gasteiger partial charge in [0.1, 0.15) is 6.54 Å². The lowest BCUT2D eigenvalue weighted by atomic mass is 10.1. The first-order chi connectivity index (χ1) is 15.4. The van der Waals surface area contributed by atoms with Crippen LogP contribution in [0.5, 0.6) is 5.75 Å². The van der Waals surface area contributed by atoms with E-state index in [1.165, 1.54) is 12.3 Å². The number of nitro groups is 1. The zero-order valence-electron chi connectivity index (χ0n) is 16.4. The van der Waals surface area contributed by atoms with E-state index in [9.17, 15) is 24.8 Å². The van der Waals surface area contributed by atoms with E-state index < -0.39 is 22.3 Å². The van der Waals surface area contributed by atoms with Crippen molar-refractivity contribution in [2.75, 3.05) is 0 Å². The molecule has 2 N–H and O–H groups in total. The van der Waals surface area contributed by atoms with E-state index in [-0.39, 0.29) is 15.5 Å². The summed E-state index contributed by atoms with van der Waals surface area (Å²) in [5.74, 6) is -0.864. The zero-order valence-corrected chi connectivity index (χ0v) is 18.5. The Balaban J connectivity index is 1.62. The van der Waals surface area contributed by atoms with Crippen LogP contribution < -0.4 is 10.9 Å². The molecule has 0 aliphatic carbocycles. The minimum absolute atomic E-state index is 0.0914. The van der Waals surface area contributed by atoms with Crippen LogP contribution in [0.15, 0.2) is 70.6 Å². The van der Waals surface area contributed by atoms with Crippen LogP contribution in [0.1, 0.15) is 5.56 Å². The van der Waals surface area contributed by atoms with E-state index in [4.69, 9.17) is 0 Å². The fraction of sp³-hybridized carbons (Fsp3) is 0.0455. The molecule has 1 amide bonds. The first-order valence-electron chi connectivity index (χ1n) is 9.36. The van der Waals surface area contributed by atoms with Gasteiger partial charge in [0.2, 0.25) is 5.75 Å². The van der Waals surface area contributed by atoms with Crippen LogP contribution in [-0.4, -0.2) is 26.7 Å². The zero-order chi connectivity index (χ0) is 22.8. The van der Waals surface area contributed by atoms with Gasteiger partial charge in [0.05, 0.1) is 25.7 Å². The Bertz CT molecular complexity index is 1420. The highest BCUT2D eigenvalue weighted by Crippen LogP contribution is 2.31. The monoisotopic (exact) mass is 542 g/mol. The lowest BCUT2D eigenvalue weighted by Crippen LogP contribution is -2.25. The first-order valence-corrected chi connectivity index (χ1v) is 10.4. The number of aromatic nitrogens is 1. The van der Waals surface area contributed by atoms with E-state index >= 15 is 0 Å². The number of para-hydroxylation sites is 2. The summed E-state index contributed by atoms with van der Waals surface area (Å²) >= 11 is 1.78. The van der Waals surface area contributed by atoms with E-state index in [0.717, 1.165) is 6.07 Å². The summed E-state index contributed by atoms with van der Waals surface area (Å²) in [6.07, 6.45) is 1.26. The van der Waals surface area contributed by atoms with Crippen molar-refractivity contribution >= 4 is 62.2 Å². The predicted octanol–water partition coefficient (Wildman–Crippen LogP) is 3.52. The quantitative estimate of drug-likeness (QED) is 0.131.